The first-order valence-corrected chi connectivity index (χ1v) is 11.0. The van der Waals surface area contributed by atoms with Gasteiger partial charge in [0.25, 0.3) is 5.91 Å². The van der Waals surface area contributed by atoms with Gasteiger partial charge >= 0.3 is 5.51 Å². The van der Waals surface area contributed by atoms with Crippen molar-refractivity contribution >= 4 is 40.0 Å². The largest absolute Gasteiger partial charge is 0.487 e. The molecule has 0 bridgehead atoms. The van der Waals surface area contributed by atoms with E-state index in [2.05, 4.69) is 5.32 Å². The van der Waals surface area contributed by atoms with E-state index in [1.54, 1.807) is 18.2 Å². The average Bonchev–Trinajstić information content (AvgIpc) is 2.70. The topological polar surface area (TPSA) is 38.3 Å². The molecule has 162 valence electrons. The molecular weight excluding hydrogens is 447 g/mol. The minimum absolute atomic E-state index is 0.103. The van der Waals surface area contributed by atoms with Gasteiger partial charge in [-0.15, -0.1) is 0 Å². The summed E-state index contributed by atoms with van der Waals surface area (Å²) in [5, 5.41) is 4.93. The number of halogens is 4. The molecule has 0 atom stereocenters. The summed E-state index contributed by atoms with van der Waals surface area (Å²) < 4.78 is 43.6. The number of nitrogens with one attached hydrogen (secondary N) is 1. The molecule has 3 nitrogen and oxygen atoms in total. The summed E-state index contributed by atoms with van der Waals surface area (Å²) in [6.07, 6.45) is 2.99. The minimum Gasteiger partial charge on any atom is -0.487 e. The minimum atomic E-state index is -4.33. The summed E-state index contributed by atoms with van der Waals surface area (Å²) in [4.78, 5) is 13.0. The molecule has 3 aromatic carbocycles. The van der Waals surface area contributed by atoms with E-state index in [4.69, 9.17) is 16.3 Å². The van der Waals surface area contributed by atoms with Crippen LogP contribution in [0.4, 0.5) is 13.2 Å². The second-order valence-electron chi connectivity index (χ2n) is 7.36. The second kappa shape index (κ2) is 9.01. The predicted molar refractivity (Wildman–Crippen MR) is 117 cm³/mol. The molecule has 3 aromatic rings. The van der Waals surface area contributed by atoms with Crippen LogP contribution in [0.15, 0.2) is 59.5 Å². The van der Waals surface area contributed by atoms with Gasteiger partial charge in [0.15, 0.2) is 0 Å². The van der Waals surface area contributed by atoms with Gasteiger partial charge < -0.3 is 10.1 Å². The van der Waals surface area contributed by atoms with Crippen molar-refractivity contribution in [1.29, 1.82) is 0 Å². The first kappa shape index (κ1) is 21.8. The Morgan fingerprint density at radius 2 is 1.77 bits per heavy atom. The summed E-state index contributed by atoms with van der Waals surface area (Å²) in [5.74, 6) is 0.162. The fourth-order valence-electron chi connectivity index (χ4n) is 3.39. The van der Waals surface area contributed by atoms with Crippen LogP contribution in [0.1, 0.15) is 35.2 Å². The smallest absolute Gasteiger partial charge is 0.446 e. The van der Waals surface area contributed by atoms with Crippen LogP contribution < -0.4 is 10.1 Å². The van der Waals surface area contributed by atoms with Crippen LogP contribution in [0.25, 0.3) is 10.8 Å². The van der Waals surface area contributed by atoms with Crippen molar-refractivity contribution in [3.63, 3.8) is 0 Å². The Labute approximate surface area is 186 Å². The van der Waals surface area contributed by atoms with Crippen molar-refractivity contribution in [3.05, 3.63) is 70.7 Å². The Morgan fingerprint density at radius 3 is 2.39 bits per heavy atom. The van der Waals surface area contributed by atoms with Gasteiger partial charge in [0.1, 0.15) is 12.4 Å². The molecule has 0 saturated heterocycles. The van der Waals surface area contributed by atoms with Gasteiger partial charge in [-0.2, -0.15) is 13.2 Å². The highest BCUT2D eigenvalue weighted by Crippen LogP contribution is 2.38. The summed E-state index contributed by atoms with van der Waals surface area (Å²) >= 11 is 6.26. The highest BCUT2D eigenvalue weighted by Gasteiger charge is 2.29. The van der Waals surface area contributed by atoms with Gasteiger partial charge in [-0.3, -0.25) is 4.79 Å². The third-order valence-electron chi connectivity index (χ3n) is 5.17. The molecule has 31 heavy (non-hydrogen) atoms. The zero-order valence-electron chi connectivity index (χ0n) is 16.3. The molecule has 0 unspecified atom stereocenters. The molecule has 8 heteroatoms. The number of fused-ring (bicyclic) bond motifs is 1. The van der Waals surface area contributed by atoms with Gasteiger partial charge in [-0.25, -0.2) is 0 Å². The van der Waals surface area contributed by atoms with Crippen molar-refractivity contribution in [2.75, 3.05) is 0 Å². The van der Waals surface area contributed by atoms with E-state index in [1.165, 1.54) is 12.1 Å². The lowest BCUT2D eigenvalue weighted by atomic mass is 9.92. The van der Waals surface area contributed by atoms with Crippen LogP contribution in [0.2, 0.25) is 5.02 Å². The zero-order valence-corrected chi connectivity index (χ0v) is 17.9. The number of alkyl halides is 3. The van der Waals surface area contributed by atoms with E-state index < -0.39 is 5.51 Å². The summed E-state index contributed by atoms with van der Waals surface area (Å²) in [6, 6.07) is 15.1. The monoisotopic (exact) mass is 465 g/mol. The number of carbonyl (C=O) groups excluding carboxylic acids is 1. The lowest BCUT2D eigenvalue weighted by Gasteiger charge is -2.27. The molecular formula is C23H19ClF3NO2S. The average molecular weight is 466 g/mol. The number of benzene rings is 3. The molecule has 0 aromatic heterocycles. The van der Waals surface area contributed by atoms with Crippen LogP contribution >= 0.6 is 23.4 Å². The van der Waals surface area contributed by atoms with E-state index in [0.29, 0.717) is 27.3 Å². The fourth-order valence-corrected chi connectivity index (χ4v) is 4.20. The third-order valence-corrected chi connectivity index (χ3v) is 6.22. The molecule has 1 fully saturated rings. The highest BCUT2D eigenvalue weighted by atomic mass is 35.5. The quantitative estimate of drug-likeness (QED) is 0.399. The number of hydrogen-bond donors (Lipinski definition) is 1. The van der Waals surface area contributed by atoms with Crippen LogP contribution in [0.5, 0.6) is 5.75 Å². The molecule has 1 amide bonds. The molecule has 1 aliphatic carbocycles. The number of ether oxygens (including phenoxy) is 1. The van der Waals surface area contributed by atoms with Gasteiger partial charge in [0.05, 0.1) is 5.56 Å². The predicted octanol–water partition coefficient (Wildman–Crippen LogP) is 6.97. The van der Waals surface area contributed by atoms with E-state index >= 15 is 0 Å². The summed E-state index contributed by atoms with van der Waals surface area (Å²) in [7, 11) is 0. The molecule has 4 rings (SSSR count). The van der Waals surface area contributed by atoms with Crippen LogP contribution in [-0.4, -0.2) is 17.5 Å². The molecule has 0 radical (unpaired) electrons. The van der Waals surface area contributed by atoms with E-state index in [0.717, 1.165) is 24.6 Å². The number of rotatable bonds is 6. The molecule has 0 heterocycles. The molecule has 1 N–H and O–H groups in total. The van der Waals surface area contributed by atoms with Crippen molar-refractivity contribution < 1.29 is 22.7 Å². The maximum absolute atomic E-state index is 12.9. The Hall–Kier alpha value is -2.38. The lowest BCUT2D eigenvalue weighted by molar-refractivity contribution is -0.0328. The Bertz CT molecular complexity index is 1100. The zero-order chi connectivity index (χ0) is 22.0. The number of carbonyl (C=O) groups is 1. The number of hydrogen-bond acceptors (Lipinski definition) is 3. The van der Waals surface area contributed by atoms with E-state index in [9.17, 15) is 18.0 Å². The van der Waals surface area contributed by atoms with Crippen LogP contribution in [-0.2, 0) is 6.61 Å². The molecule has 1 saturated carbocycles. The lowest BCUT2D eigenvalue weighted by Crippen LogP contribution is -2.39. The molecule has 0 aliphatic heterocycles. The van der Waals surface area contributed by atoms with Crippen molar-refractivity contribution in [1.82, 2.24) is 5.32 Å². The third kappa shape index (κ3) is 5.28. The standard InChI is InChI=1S/C23H19ClF3NO2S/c24-20-12-19(22(29)28-15-4-3-5-15)21(18-7-2-1-6-17(18)20)30-13-14-8-10-16(11-9-14)31-23(25,26)27/h1-2,6-12,15H,3-5,13H2,(H,28,29). The highest BCUT2D eigenvalue weighted by molar-refractivity contribution is 8.00. The van der Waals surface area contributed by atoms with Crippen LogP contribution in [0, 0.1) is 0 Å². The normalized spacial score (nSPS) is 14.3. The summed E-state index contributed by atoms with van der Waals surface area (Å²) in [5.41, 5.74) is -3.29. The summed E-state index contributed by atoms with van der Waals surface area (Å²) in [6.45, 7) is 0.103. The van der Waals surface area contributed by atoms with Crippen LogP contribution in [0.3, 0.4) is 0 Å². The maximum atomic E-state index is 12.9. The van der Waals surface area contributed by atoms with Gasteiger partial charge in [-0.05, 0) is 54.8 Å². The first-order chi connectivity index (χ1) is 14.8. The first-order valence-electron chi connectivity index (χ1n) is 9.80. The number of thioether (sulfide) groups is 1. The molecule has 0 spiro atoms. The van der Waals surface area contributed by atoms with Crippen molar-refractivity contribution in [2.45, 2.75) is 42.3 Å². The Kier molecular flexibility index (Phi) is 6.34. The van der Waals surface area contributed by atoms with Gasteiger partial charge in [0.2, 0.25) is 0 Å². The SMILES string of the molecule is O=C(NC1CCC1)c1cc(Cl)c2ccccc2c1OCc1ccc(SC(F)(F)F)cc1. The number of amides is 1. The fraction of sp³-hybridized carbons (Fsp3) is 0.261. The van der Waals surface area contributed by atoms with E-state index in [1.807, 2.05) is 24.3 Å². The second-order valence-corrected chi connectivity index (χ2v) is 8.91. The van der Waals surface area contributed by atoms with Gasteiger partial charge in [-0.1, -0.05) is 48.0 Å². The van der Waals surface area contributed by atoms with Gasteiger partial charge in [0, 0.05) is 26.7 Å². The Balaban J connectivity index is 1.60. The maximum Gasteiger partial charge on any atom is 0.446 e. The molecule has 1 aliphatic rings. The van der Waals surface area contributed by atoms with Crippen molar-refractivity contribution in [3.8, 4) is 5.75 Å². The van der Waals surface area contributed by atoms with Crippen molar-refractivity contribution in [2.24, 2.45) is 0 Å². The van der Waals surface area contributed by atoms with E-state index in [-0.39, 0.29) is 35.2 Å². The Morgan fingerprint density at radius 1 is 1.10 bits per heavy atom.